The van der Waals surface area contributed by atoms with Crippen LogP contribution in [0.3, 0.4) is 0 Å². The molecule has 1 heterocycles. The predicted molar refractivity (Wildman–Crippen MR) is 84.4 cm³/mol. The molecule has 0 aliphatic carbocycles. The smallest absolute Gasteiger partial charge is 0.207 e. The van der Waals surface area contributed by atoms with Crippen molar-refractivity contribution in [1.29, 1.82) is 0 Å². The van der Waals surface area contributed by atoms with Crippen LogP contribution in [0.5, 0.6) is 0 Å². The molecule has 1 aromatic heterocycles. The van der Waals surface area contributed by atoms with Gasteiger partial charge in [-0.1, -0.05) is 19.4 Å². The second-order valence-electron chi connectivity index (χ2n) is 4.33. The van der Waals surface area contributed by atoms with Gasteiger partial charge in [0.25, 0.3) is 0 Å². The first-order valence-electron chi connectivity index (χ1n) is 6.26. The Morgan fingerprint density at radius 1 is 1.39 bits per heavy atom. The van der Waals surface area contributed by atoms with Gasteiger partial charge >= 0.3 is 0 Å². The number of aromatic nitrogens is 2. The largest absolute Gasteiger partial charge is 0.355 e. The number of anilines is 1. The zero-order valence-corrected chi connectivity index (χ0v) is 12.9. The highest BCUT2D eigenvalue weighted by atomic mass is 127. The zero-order valence-electron chi connectivity index (χ0n) is 10.8. The Bertz CT molecular complexity index is 520. The van der Waals surface area contributed by atoms with Crippen molar-refractivity contribution in [3.8, 4) is 5.69 Å². The van der Waals surface area contributed by atoms with Gasteiger partial charge in [0.1, 0.15) is 0 Å². The van der Waals surface area contributed by atoms with E-state index in [2.05, 4.69) is 69.5 Å². The third kappa shape index (κ3) is 3.04. The number of hydrogen-bond acceptors (Lipinski definition) is 2. The van der Waals surface area contributed by atoms with Crippen molar-refractivity contribution in [1.82, 2.24) is 9.55 Å². The van der Waals surface area contributed by atoms with E-state index in [-0.39, 0.29) is 0 Å². The summed E-state index contributed by atoms with van der Waals surface area (Å²) in [6.45, 7) is 5.29. The Kier molecular flexibility index (Phi) is 4.63. The van der Waals surface area contributed by atoms with Crippen LogP contribution in [0.4, 0.5) is 5.95 Å². The molecule has 1 N–H and O–H groups in total. The number of aryl methyl sites for hydroxylation is 1. The van der Waals surface area contributed by atoms with Crippen molar-refractivity contribution in [3.05, 3.63) is 39.7 Å². The van der Waals surface area contributed by atoms with Crippen molar-refractivity contribution >= 4 is 28.5 Å². The number of hydrogen-bond donors (Lipinski definition) is 1. The van der Waals surface area contributed by atoms with E-state index in [4.69, 9.17) is 0 Å². The third-order valence-corrected chi connectivity index (χ3v) is 3.56. The molecule has 18 heavy (non-hydrogen) atoms. The van der Waals surface area contributed by atoms with Gasteiger partial charge in [0.2, 0.25) is 5.95 Å². The van der Waals surface area contributed by atoms with E-state index < -0.39 is 0 Å². The summed E-state index contributed by atoms with van der Waals surface area (Å²) in [6.07, 6.45) is 6.20. The molecule has 0 radical (unpaired) electrons. The van der Waals surface area contributed by atoms with Gasteiger partial charge in [0.05, 0.1) is 5.69 Å². The average Bonchev–Trinajstić information content (AvgIpc) is 2.81. The highest BCUT2D eigenvalue weighted by Crippen LogP contribution is 2.20. The average molecular weight is 355 g/mol. The maximum atomic E-state index is 4.38. The maximum absolute atomic E-state index is 4.38. The van der Waals surface area contributed by atoms with Crippen molar-refractivity contribution in [2.24, 2.45) is 0 Å². The lowest BCUT2D eigenvalue weighted by Gasteiger charge is -2.12. The number of nitrogens with one attached hydrogen (secondary N) is 1. The molecule has 0 saturated carbocycles. The standard InChI is InChI=1S/C14H18IN3/c1-3-4-7-16-14-17-8-9-18(14)13-10-12(15)6-5-11(13)2/h5-6,8-10H,3-4,7H2,1-2H3,(H,16,17). The molecule has 0 unspecified atom stereocenters. The highest BCUT2D eigenvalue weighted by Gasteiger charge is 2.07. The Balaban J connectivity index is 2.27. The van der Waals surface area contributed by atoms with Crippen LogP contribution in [0, 0.1) is 10.5 Å². The van der Waals surface area contributed by atoms with E-state index in [0.717, 1.165) is 18.9 Å². The molecule has 4 heteroatoms. The predicted octanol–water partition coefficient (Wildman–Crippen LogP) is 4.00. The lowest BCUT2D eigenvalue weighted by Crippen LogP contribution is -2.08. The number of imidazole rings is 1. The number of rotatable bonds is 5. The lowest BCUT2D eigenvalue weighted by molar-refractivity contribution is 0.822. The van der Waals surface area contributed by atoms with E-state index in [1.54, 1.807) is 0 Å². The molecule has 0 fully saturated rings. The summed E-state index contributed by atoms with van der Waals surface area (Å²) in [7, 11) is 0. The minimum atomic E-state index is 0.925. The van der Waals surface area contributed by atoms with Crippen LogP contribution in [0.2, 0.25) is 0 Å². The summed E-state index contributed by atoms with van der Waals surface area (Å²) >= 11 is 2.34. The quantitative estimate of drug-likeness (QED) is 0.649. The molecule has 0 aliphatic heterocycles. The fourth-order valence-electron chi connectivity index (χ4n) is 1.85. The highest BCUT2D eigenvalue weighted by molar-refractivity contribution is 14.1. The van der Waals surface area contributed by atoms with Gasteiger partial charge in [-0.05, 0) is 53.6 Å². The molecular formula is C14H18IN3. The Hall–Kier alpha value is -1.04. The number of nitrogens with zero attached hydrogens (tertiary/aromatic N) is 2. The zero-order chi connectivity index (χ0) is 13.0. The molecule has 1 aromatic carbocycles. The third-order valence-electron chi connectivity index (χ3n) is 2.88. The summed E-state index contributed by atoms with van der Waals surface area (Å²) in [6, 6.07) is 6.45. The second kappa shape index (κ2) is 6.22. The fraction of sp³-hybridized carbons (Fsp3) is 0.357. The Morgan fingerprint density at radius 3 is 3.00 bits per heavy atom. The summed E-state index contributed by atoms with van der Waals surface area (Å²) in [5.41, 5.74) is 2.45. The van der Waals surface area contributed by atoms with Gasteiger partial charge in [0, 0.05) is 22.5 Å². The molecular weight excluding hydrogens is 337 g/mol. The first-order valence-corrected chi connectivity index (χ1v) is 7.34. The van der Waals surface area contributed by atoms with Gasteiger partial charge in [-0.15, -0.1) is 0 Å². The normalized spacial score (nSPS) is 10.6. The van der Waals surface area contributed by atoms with Crippen LogP contribution < -0.4 is 5.32 Å². The monoisotopic (exact) mass is 355 g/mol. The molecule has 0 atom stereocenters. The first kappa shape index (κ1) is 13.4. The molecule has 0 amide bonds. The molecule has 2 rings (SSSR count). The van der Waals surface area contributed by atoms with Crippen LogP contribution in [-0.2, 0) is 0 Å². The Labute approximate surface area is 122 Å². The van der Waals surface area contributed by atoms with Crippen LogP contribution in [0.25, 0.3) is 5.69 Å². The summed E-state index contributed by atoms with van der Waals surface area (Å²) in [5.74, 6) is 0.925. The van der Waals surface area contributed by atoms with Crippen LogP contribution in [0.15, 0.2) is 30.6 Å². The van der Waals surface area contributed by atoms with Crippen LogP contribution in [0.1, 0.15) is 25.3 Å². The van der Waals surface area contributed by atoms with Gasteiger partial charge in [0.15, 0.2) is 0 Å². The first-order chi connectivity index (χ1) is 8.72. The van der Waals surface area contributed by atoms with Gasteiger partial charge in [-0.25, -0.2) is 4.98 Å². The molecule has 96 valence electrons. The van der Waals surface area contributed by atoms with E-state index >= 15 is 0 Å². The summed E-state index contributed by atoms with van der Waals surface area (Å²) < 4.78 is 3.36. The van der Waals surface area contributed by atoms with Crippen molar-refractivity contribution < 1.29 is 0 Å². The fourth-order valence-corrected chi connectivity index (χ4v) is 2.32. The maximum Gasteiger partial charge on any atom is 0.207 e. The van der Waals surface area contributed by atoms with Crippen molar-refractivity contribution in [2.75, 3.05) is 11.9 Å². The topological polar surface area (TPSA) is 29.9 Å². The van der Waals surface area contributed by atoms with Gasteiger partial charge in [-0.2, -0.15) is 0 Å². The Morgan fingerprint density at radius 2 is 2.22 bits per heavy atom. The molecule has 0 saturated heterocycles. The van der Waals surface area contributed by atoms with Crippen LogP contribution >= 0.6 is 22.6 Å². The number of benzene rings is 1. The SMILES string of the molecule is CCCCNc1nccn1-c1cc(I)ccc1C. The number of halogens is 1. The van der Waals surface area contributed by atoms with Gasteiger partial charge < -0.3 is 5.32 Å². The molecule has 0 aliphatic rings. The second-order valence-corrected chi connectivity index (χ2v) is 5.58. The van der Waals surface area contributed by atoms with Crippen LogP contribution in [-0.4, -0.2) is 16.1 Å². The van der Waals surface area contributed by atoms with E-state index in [0.29, 0.717) is 0 Å². The van der Waals surface area contributed by atoms with E-state index in [1.165, 1.54) is 21.2 Å². The minimum Gasteiger partial charge on any atom is -0.355 e. The van der Waals surface area contributed by atoms with Gasteiger partial charge in [-0.3, -0.25) is 4.57 Å². The summed E-state index contributed by atoms with van der Waals surface area (Å²) in [4.78, 5) is 4.38. The molecule has 0 bridgehead atoms. The minimum absolute atomic E-state index is 0.925. The van der Waals surface area contributed by atoms with Crippen molar-refractivity contribution in [3.63, 3.8) is 0 Å². The molecule has 0 spiro atoms. The van der Waals surface area contributed by atoms with E-state index in [1.807, 2.05) is 12.4 Å². The summed E-state index contributed by atoms with van der Waals surface area (Å²) in [5, 5.41) is 3.39. The molecule has 2 aromatic rings. The lowest BCUT2D eigenvalue weighted by atomic mass is 10.2. The van der Waals surface area contributed by atoms with Crippen molar-refractivity contribution in [2.45, 2.75) is 26.7 Å². The van der Waals surface area contributed by atoms with E-state index in [9.17, 15) is 0 Å². The number of unbranched alkanes of at least 4 members (excludes halogenated alkanes) is 1. The molecule has 3 nitrogen and oxygen atoms in total.